The van der Waals surface area contributed by atoms with Crippen LogP contribution in [0.5, 0.6) is 0 Å². The predicted octanol–water partition coefficient (Wildman–Crippen LogP) is 5.06. The quantitative estimate of drug-likeness (QED) is 0.840. The van der Waals surface area contributed by atoms with Crippen LogP contribution in [0.4, 0.5) is 5.69 Å². The second-order valence-electron chi connectivity index (χ2n) is 6.80. The molecule has 0 unspecified atom stereocenters. The topological polar surface area (TPSA) is 46.2 Å². The molecule has 0 aliphatic heterocycles. The molecule has 2 aromatic carbocycles. The van der Waals surface area contributed by atoms with E-state index in [0.29, 0.717) is 15.6 Å². The standard InChI is InChI=1S/C18H22ClNO2S/c1-12-10-14(18(3,4)5)11-13(2)17(12)23(21,22)20-16-8-6-15(19)7-9-16/h6-11,20H,1-5H3. The lowest BCUT2D eigenvalue weighted by Crippen LogP contribution is -2.18. The van der Waals surface area contributed by atoms with Crippen LogP contribution in [0.3, 0.4) is 0 Å². The van der Waals surface area contributed by atoms with Crippen molar-refractivity contribution in [3.63, 3.8) is 0 Å². The molecule has 0 aliphatic rings. The van der Waals surface area contributed by atoms with E-state index in [-0.39, 0.29) is 5.41 Å². The van der Waals surface area contributed by atoms with Gasteiger partial charge < -0.3 is 0 Å². The first-order valence-electron chi connectivity index (χ1n) is 7.41. The SMILES string of the molecule is Cc1cc(C(C)(C)C)cc(C)c1S(=O)(=O)Nc1ccc(Cl)cc1. The fourth-order valence-corrected chi connectivity index (χ4v) is 4.17. The monoisotopic (exact) mass is 351 g/mol. The Morgan fingerprint density at radius 3 is 1.87 bits per heavy atom. The van der Waals surface area contributed by atoms with E-state index in [9.17, 15) is 8.42 Å². The van der Waals surface area contributed by atoms with Crippen LogP contribution in [0, 0.1) is 13.8 Å². The van der Waals surface area contributed by atoms with Gasteiger partial charge in [-0.05, 0) is 60.2 Å². The molecule has 0 aromatic heterocycles. The van der Waals surface area contributed by atoms with Crippen LogP contribution in [0.25, 0.3) is 0 Å². The van der Waals surface area contributed by atoms with E-state index >= 15 is 0 Å². The van der Waals surface area contributed by atoms with Crippen molar-refractivity contribution in [3.05, 3.63) is 58.1 Å². The maximum Gasteiger partial charge on any atom is 0.262 e. The molecule has 23 heavy (non-hydrogen) atoms. The van der Waals surface area contributed by atoms with Crippen LogP contribution >= 0.6 is 11.6 Å². The van der Waals surface area contributed by atoms with E-state index in [2.05, 4.69) is 25.5 Å². The summed E-state index contributed by atoms with van der Waals surface area (Å²) < 4.78 is 28.1. The van der Waals surface area contributed by atoms with E-state index in [1.165, 1.54) is 0 Å². The summed E-state index contributed by atoms with van der Waals surface area (Å²) in [4.78, 5) is 0.334. The van der Waals surface area contributed by atoms with Crippen molar-refractivity contribution < 1.29 is 8.42 Å². The van der Waals surface area contributed by atoms with Gasteiger partial charge in [0, 0.05) is 10.7 Å². The molecule has 5 heteroatoms. The zero-order valence-electron chi connectivity index (χ0n) is 14.1. The van der Waals surface area contributed by atoms with Crippen molar-refractivity contribution in [2.45, 2.75) is 44.9 Å². The lowest BCUT2D eigenvalue weighted by atomic mass is 9.85. The van der Waals surface area contributed by atoms with Gasteiger partial charge in [-0.1, -0.05) is 44.5 Å². The first-order chi connectivity index (χ1) is 10.5. The van der Waals surface area contributed by atoms with Crippen LogP contribution < -0.4 is 4.72 Å². The van der Waals surface area contributed by atoms with Crippen molar-refractivity contribution in [3.8, 4) is 0 Å². The summed E-state index contributed by atoms with van der Waals surface area (Å²) in [5.74, 6) is 0. The maximum atomic E-state index is 12.7. The Labute approximate surface area is 143 Å². The summed E-state index contributed by atoms with van der Waals surface area (Å²) in [6.45, 7) is 10.0. The van der Waals surface area contributed by atoms with Gasteiger partial charge in [-0.25, -0.2) is 8.42 Å². The molecular weight excluding hydrogens is 330 g/mol. The van der Waals surface area contributed by atoms with Gasteiger partial charge >= 0.3 is 0 Å². The molecule has 0 radical (unpaired) electrons. The van der Waals surface area contributed by atoms with Gasteiger partial charge in [-0.15, -0.1) is 0 Å². The van der Waals surface area contributed by atoms with Gasteiger partial charge in [-0.2, -0.15) is 0 Å². The van der Waals surface area contributed by atoms with Gasteiger partial charge in [0.1, 0.15) is 0 Å². The second kappa shape index (κ2) is 6.17. The molecule has 0 atom stereocenters. The molecule has 0 aliphatic carbocycles. The van der Waals surface area contributed by atoms with E-state index in [1.54, 1.807) is 24.3 Å². The summed E-state index contributed by atoms with van der Waals surface area (Å²) in [6.07, 6.45) is 0. The fraction of sp³-hybridized carbons (Fsp3) is 0.333. The zero-order chi connectivity index (χ0) is 17.4. The molecule has 1 N–H and O–H groups in total. The lowest BCUT2D eigenvalue weighted by molar-refractivity contribution is 0.585. The first-order valence-corrected chi connectivity index (χ1v) is 9.27. The van der Waals surface area contributed by atoms with Gasteiger partial charge in [0.2, 0.25) is 0 Å². The highest BCUT2D eigenvalue weighted by molar-refractivity contribution is 7.92. The minimum absolute atomic E-state index is 0.0264. The molecule has 0 heterocycles. The number of sulfonamides is 1. The number of anilines is 1. The van der Waals surface area contributed by atoms with Gasteiger partial charge in [0.15, 0.2) is 0 Å². The molecule has 0 fully saturated rings. The summed E-state index contributed by atoms with van der Waals surface area (Å²) in [5.41, 5.74) is 3.08. The van der Waals surface area contributed by atoms with E-state index < -0.39 is 10.0 Å². The van der Waals surface area contributed by atoms with Crippen LogP contribution in [-0.2, 0) is 15.4 Å². The number of aryl methyl sites for hydroxylation is 2. The highest BCUT2D eigenvalue weighted by Gasteiger charge is 2.23. The molecule has 3 nitrogen and oxygen atoms in total. The number of hydrogen-bond acceptors (Lipinski definition) is 2. The van der Waals surface area contributed by atoms with E-state index in [0.717, 1.165) is 16.7 Å². The fourth-order valence-electron chi connectivity index (χ4n) is 2.53. The number of hydrogen-bond donors (Lipinski definition) is 1. The van der Waals surface area contributed by atoms with Gasteiger partial charge in [0.05, 0.1) is 4.90 Å². The summed E-state index contributed by atoms with van der Waals surface area (Å²) in [5, 5.41) is 0.565. The summed E-state index contributed by atoms with van der Waals surface area (Å²) in [7, 11) is -3.64. The van der Waals surface area contributed by atoms with Crippen LogP contribution in [-0.4, -0.2) is 8.42 Å². The third kappa shape index (κ3) is 4.06. The molecule has 0 saturated carbocycles. The third-order valence-electron chi connectivity index (χ3n) is 3.69. The van der Waals surface area contributed by atoms with Gasteiger partial charge in [-0.3, -0.25) is 4.72 Å². The van der Waals surface area contributed by atoms with Crippen LogP contribution in [0.1, 0.15) is 37.5 Å². The van der Waals surface area contributed by atoms with Crippen LogP contribution in [0.2, 0.25) is 5.02 Å². The molecule has 0 amide bonds. The molecule has 2 aromatic rings. The summed E-state index contributed by atoms with van der Waals surface area (Å²) >= 11 is 5.83. The normalized spacial score (nSPS) is 12.3. The van der Waals surface area contributed by atoms with Crippen LogP contribution in [0.15, 0.2) is 41.3 Å². The van der Waals surface area contributed by atoms with E-state index in [4.69, 9.17) is 11.6 Å². The third-order valence-corrected chi connectivity index (χ3v) is 5.63. The molecule has 0 saturated heterocycles. The van der Waals surface area contributed by atoms with E-state index in [1.807, 2.05) is 26.0 Å². The maximum absolute atomic E-state index is 12.7. The van der Waals surface area contributed by atoms with Crippen molar-refractivity contribution in [1.82, 2.24) is 0 Å². The Bertz CT molecular complexity index is 796. The number of nitrogens with one attached hydrogen (secondary N) is 1. The minimum Gasteiger partial charge on any atom is -0.280 e. The Morgan fingerprint density at radius 2 is 1.43 bits per heavy atom. The molecule has 0 bridgehead atoms. The Balaban J connectivity index is 2.46. The molecule has 0 spiro atoms. The molecule has 124 valence electrons. The summed E-state index contributed by atoms with van der Waals surface area (Å²) in [6, 6.07) is 10.5. The number of halogens is 1. The Kier molecular flexibility index (Phi) is 4.79. The van der Waals surface area contributed by atoms with Gasteiger partial charge in [0.25, 0.3) is 10.0 Å². The number of benzene rings is 2. The second-order valence-corrected chi connectivity index (χ2v) is 8.86. The first kappa shape index (κ1) is 17.8. The molecule has 2 rings (SSSR count). The Hall–Kier alpha value is -1.52. The predicted molar refractivity (Wildman–Crippen MR) is 96.9 cm³/mol. The van der Waals surface area contributed by atoms with Crippen molar-refractivity contribution in [2.24, 2.45) is 0 Å². The molecular formula is C18H22ClNO2S. The highest BCUT2D eigenvalue weighted by atomic mass is 35.5. The average molecular weight is 352 g/mol. The largest absolute Gasteiger partial charge is 0.280 e. The van der Waals surface area contributed by atoms with Crippen molar-refractivity contribution in [2.75, 3.05) is 4.72 Å². The van der Waals surface area contributed by atoms with Crippen molar-refractivity contribution in [1.29, 1.82) is 0 Å². The Morgan fingerprint density at radius 1 is 0.957 bits per heavy atom. The number of rotatable bonds is 3. The lowest BCUT2D eigenvalue weighted by Gasteiger charge is -2.22. The average Bonchev–Trinajstić information content (AvgIpc) is 2.39. The zero-order valence-corrected chi connectivity index (χ0v) is 15.6. The van der Waals surface area contributed by atoms with Crippen molar-refractivity contribution >= 4 is 27.3 Å². The highest BCUT2D eigenvalue weighted by Crippen LogP contribution is 2.30. The smallest absolute Gasteiger partial charge is 0.262 e. The minimum atomic E-state index is -3.64.